The number of rotatable bonds is 2. The lowest BCUT2D eigenvalue weighted by Crippen LogP contribution is -2.52. The molecule has 1 aromatic rings. The van der Waals surface area contributed by atoms with E-state index in [1.165, 1.54) is 17.2 Å². The lowest BCUT2D eigenvalue weighted by Gasteiger charge is -2.33. The Kier molecular flexibility index (Phi) is 4.14. The smallest absolute Gasteiger partial charge is 0.277 e. The number of halogens is 1. The summed E-state index contributed by atoms with van der Waals surface area (Å²) in [6.07, 6.45) is 1.32. The highest BCUT2D eigenvalue weighted by atomic mass is 35.5. The van der Waals surface area contributed by atoms with Gasteiger partial charge in [-0.25, -0.2) is 10.1 Å². The van der Waals surface area contributed by atoms with Gasteiger partial charge in [0.15, 0.2) is 0 Å². The van der Waals surface area contributed by atoms with E-state index >= 15 is 0 Å². The van der Waals surface area contributed by atoms with Crippen molar-refractivity contribution < 1.29 is 13.2 Å². The zero-order valence-corrected chi connectivity index (χ0v) is 12.1. The second-order valence-corrected chi connectivity index (χ2v) is 6.26. The van der Waals surface area contributed by atoms with E-state index in [1.807, 2.05) is 0 Å². The number of pyridine rings is 1. The van der Waals surface area contributed by atoms with Gasteiger partial charge in [0.25, 0.3) is 16.1 Å². The molecule has 1 fully saturated rings. The summed E-state index contributed by atoms with van der Waals surface area (Å²) in [7, 11) is -3.71. The molecule has 1 amide bonds. The van der Waals surface area contributed by atoms with E-state index in [-0.39, 0.29) is 48.5 Å². The molecule has 0 radical (unpaired) electrons. The van der Waals surface area contributed by atoms with E-state index < -0.39 is 10.2 Å². The van der Waals surface area contributed by atoms with Crippen LogP contribution in [0.1, 0.15) is 10.4 Å². The first-order valence-electron chi connectivity index (χ1n) is 5.77. The number of hydrogen-bond donors (Lipinski definition) is 2. The molecule has 2 rings (SSSR count). The minimum absolute atomic E-state index is 0.156. The van der Waals surface area contributed by atoms with Crippen molar-refractivity contribution in [3.63, 3.8) is 0 Å². The summed E-state index contributed by atoms with van der Waals surface area (Å²) in [6, 6.07) is 1.39. The van der Waals surface area contributed by atoms with Crippen LogP contribution in [0.5, 0.6) is 0 Å². The van der Waals surface area contributed by atoms with Gasteiger partial charge in [-0.1, -0.05) is 11.6 Å². The van der Waals surface area contributed by atoms with Gasteiger partial charge in [0.1, 0.15) is 5.15 Å². The summed E-state index contributed by atoms with van der Waals surface area (Å²) in [5.41, 5.74) is 6.19. The van der Waals surface area contributed by atoms with Gasteiger partial charge in [-0.2, -0.15) is 12.7 Å². The van der Waals surface area contributed by atoms with Crippen LogP contribution in [0.15, 0.2) is 12.3 Å². The zero-order chi connectivity index (χ0) is 14.9. The molecule has 10 heteroatoms. The minimum atomic E-state index is -3.71. The Morgan fingerprint density at radius 1 is 1.30 bits per heavy atom. The Hall–Kier alpha value is -1.42. The molecule has 1 aliphatic heterocycles. The van der Waals surface area contributed by atoms with E-state index in [0.717, 1.165) is 4.31 Å². The number of aromatic nitrogens is 1. The van der Waals surface area contributed by atoms with Crippen LogP contribution >= 0.6 is 11.6 Å². The average molecular weight is 320 g/mol. The molecule has 0 aromatic carbocycles. The summed E-state index contributed by atoms with van der Waals surface area (Å²) in [4.78, 5) is 17.6. The lowest BCUT2D eigenvalue weighted by molar-refractivity contribution is 0.0699. The first kappa shape index (κ1) is 15.0. The normalized spacial score (nSPS) is 17.2. The molecular weight excluding hydrogens is 306 g/mol. The third-order valence-electron chi connectivity index (χ3n) is 3.02. The van der Waals surface area contributed by atoms with E-state index in [2.05, 4.69) is 4.98 Å². The summed E-state index contributed by atoms with van der Waals surface area (Å²) in [5, 5.41) is 5.21. The number of piperazine rings is 1. The van der Waals surface area contributed by atoms with Crippen LogP contribution in [-0.4, -0.2) is 54.7 Å². The molecule has 0 spiro atoms. The highest BCUT2D eigenvalue weighted by Gasteiger charge is 2.27. The van der Waals surface area contributed by atoms with Crippen molar-refractivity contribution >= 4 is 33.4 Å². The summed E-state index contributed by atoms with van der Waals surface area (Å²) < 4.78 is 23.5. The highest BCUT2D eigenvalue weighted by Crippen LogP contribution is 2.18. The lowest BCUT2D eigenvalue weighted by atomic mass is 10.2. The monoisotopic (exact) mass is 319 g/mol. The zero-order valence-electron chi connectivity index (χ0n) is 10.5. The Morgan fingerprint density at radius 3 is 2.45 bits per heavy atom. The van der Waals surface area contributed by atoms with Crippen molar-refractivity contribution in [2.45, 2.75) is 0 Å². The van der Waals surface area contributed by atoms with Gasteiger partial charge in [0.05, 0.1) is 17.4 Å². The molecule has 0 bridgehead atoms. The van der Waals surface area contributed by atoms with Crippen LogP contribution in [-0.2, 0) is 10.2 Å². The SMILES string of the molecule is Nc1cnc(Cl)cc1C(=O)N1CCN(S(N)(=O)=O)CC1. The highest BCUT2D eigenvalue weighted by molar-refractivity contribution is 7.86. The fraction of sp³-hybridized carbons (Fsp3) is 0.400. The summed E-state index contributed by atoms with van der Waals surface area (Å²) in [5.74, 6) is -0.305. The quantitative estimate of drug-likeness (QED) is 0.696. The van der Waals surface area contributed by atoms with Gasteiger partial charge < -0.3 is 10.6 Å². The summed E-state index contributed by atoms with van der Waals surface area (Å²) in [6.45, 7) is 0.801. The topological polar surface area (TPSA) is 123 Å². The number of anilines is 1. The average Bonchev–Trinajstić information content (AvgIpc) is 2.40. The van der Waals surface area contributed by atoms with Crippen molar-refractivity contribution in [2.75, 3.05) is 31.9 Å². The maximum absolute atomic E-state index is 12.3. The van der Waals surface area contributed by atoms with Crippen molar-refractivity contribution in [2.24, 2.45) is 5.14 Å². The Morgan fingerprint density at radius 2 is 1.90 bits per heavy atom. The molecule has 2 heterocycles. The van der Waals surface area contributed by atoms with Crippen LogP contribution in [0, 0.1) is 0 Å². The van der Waals surface area contributed by atoms with Crippen molar-refractivity contribution in [1.82, 2.24) is 14.2 Å². The van der Waals surface area contributed by atoms with E-state index in [1.54, 1.807) is 0 Å². The predicted molar refractivity (Wildman–Crippen MR) is 74.2 cm³/mol. The molecular formula is C10H14ClN5O3S. The maximum atomic E-state index is 12.3. The van der Waals surface area contributed by atoms with Crippen LogP contribution in [0.2, 0.25) is 5.15 Å². The molecule has 4 N–H and O–H groups in total. The maximum Gasteiger partial charge on any atom is 0.277 e. The van der Waals surface area contributed by atoms with Crippen LogP contribution in [0.4, 0.5) is 5.69 Å². The van der Waals surface area contributed by atoms with Crippen molar-refractivity contribution in [1.29, 1.82) is 0 Å². The van der Waals surface area contributed by atoms with Crippen LogP contribution in [0.25, 0.3) is 0 Å². The number of amides is 1. The number of carbonyl (C=O) groups excluding carboxylic acids is 1. The molecule has 1 saturated heterocycles. The number of nitrogen functional groups attached to an aromatic ring is 1. The van der Waals surface area contributed by atoms with Gasteiger partial charge in [0, 0.05) is 26.2 Å². The minimum Gasteiger partial charge on any atom is -0.397 e. The first-order chi connectivity index (χ1) is 9.29. The fourth-order valence-electron chi connectivity index (χ4n) is 1.94. The second kappa shape index (κ2) is 5.52. The molecule has 1 aromatic heterocycles. The molecule has 0 atom stereocenters. The molecule has 110 valence electrons. The van der Waals surface area contributed by atoms with Gasteiger partial charge in [-0.3, -0.25) is 4.79 Å². The van der Waals surface area contributed by atoms with Gasteiger partial charge >= 0.3 is 0 Å². The van der Waals surface area contributed by atoms with Gasteiger partial charge in [-0.05, 0) is 6.07 Å². The molecule has 1 aliphatic rings. The largest absolute Gasteiger partial charge is 0.397 e. The second-order valence-electron chi connectivity index (χ2n) is 4.33. The number of carbonyl (C=O) groups is 1. The Balaban J connectivity index is 2.11. The predicted octanol–water partition coefficient (Wildman–Crippen LogP) is -0.721. The van der Waals surface area contributed by atoms with E-state index in [9.17, 15) is 13.2 Å². The van der Waals surface area contributed by atoms with Gasteiger partial charge in [0.2, 0.25) is 0 Å². The molecule has 8 nitrogen and oxygen atoms in total. The molecule has 20 heavy (non-hydrogen) atoms. The standard InChI is InChI=1S/C10H14ClN5O3S/c11-9-5-7(8(12)6-14-9)10(17)15-1-3-16(4-2-15)20(13,18)19/h5-6H,1-4,12H2,(H2,13,18,19). The van der Waals surface area contributed by atoms with Crippen LogP contribution < -0.4 is 10.9 Å². The molecule has 0 unspecified atom stereocenters. The third-order valence-corrected chi connectivity index (χ3v) is 4.31. The molecule has 0 saturated carbocycles. The number of hydrogen-bond acceptors (Lipinski definition) is 5. The third kappa shape index (κ3) is 3.18. The van der Waals surface area contributed by atoms with Crippen molar-refractivity contribution in [3.05, 3.63) is 23.0 Å². The Labute approximate surface area is 121 Å². The molecule has 0 aliphatic carbocycles. The summed E-state index contributed by atoms with van der Waals surface area (Å²) >= 11 is 5.74. The number of nitrogens with zero attached hydrogens (tertiary/aromatic N) is 3. The van der Waals surface area contributed by atoms with E-state index in [4.69, 9.17) is 22.5 Å². The van der Waals surface area contributed by atoms with Crippen LogP contribution in [0.3, 0.4) is 0 Å². The van der Waals surface area contributed by atoms with Crippen molar-refractivity contribution in [3.8, 4) is 0 Å². The van der Waals surface area contributed by atoms with Gasteiger partial charge in [-0.15, -0.1) is 0 Å². The Bertz CT molecular complexity index is 628. The van der Waals surface area contributed by atoms with E-state index in [0.29, 0.717) is 0 Å². The number of nitrogens with two attached hydrogens (primary N) is 2. The first-order valence-corrected chi connectivity index (χ1v) is 7.65. The fourth-order valence-corrected chi connectivity index (χ4v) is 2.77.